The lowest BCUT2D eigenvalue weighted by Crippen LogP contribution is -2.02. The Morgan fingerprint density at radius 3 is 3.00 bits per heavy atom. The lowest BCUT2D eigenvalue weighted by Gasteiger charge is -2.07. The van der Waals surface area contributed by atoms with Gasteiger partial charge in [0.15, 0.2) is 0 Å². The molecule has 0 radical (unpaired) electrons. The number of pyridine rings is 1. The first kappa shape index (κ1) is 9.51. The van der Waals surface area contributed by atoms with E-state index in [1.165, 1.54) is 0 Å². The summed E-state index contributed by atoms with van der Waals surface area (Å²) in [5.74, 6) is 1.20. The van der Waals surface area contributed by atoms with Gasteiger partial charge in [-0.25, -0.2) is 4.98 Å². The van der Waals surface area contributed by atoms with Gasteiger partial charge in [-0.2, -0.15) is 4.98 Å². The van der Waals surface area contributed by atoms with Gasteiger partial charge in [0.2, 0.25) is 5.88 Å². The SMILES string of the molecule is CCOc1nc(-n2ccnc2)ccc1N. The van der Waals surface area contributed by atoms with Gasteiger partial charge >= 0.3 is 0 Å². The molecule has 2 aromatic rings. The van der Waals surface area contributed by atoms with E-state index >= 15 is 0 Å². The summed E-state index contributed by atoms with van der Waals surface area (Å²) in [6.45, 7) is 2.44. The second-order valence-corrected chi connectivity index (χ2v) is 2.97. The van der Waals surface area contributed by atoms with Crippen molar-refractivity contribution in [3.63, 3.8) is 0 Å². The summed E-state index contributed by atoms with van der Waals surface area (Å²) < 4.78 is 7.10. The Hall–Kier alpha value is -2.04. The number of anilines is 1. The number of nitrogen functional groups attached to an aromatic ring is 1. The van der Waals surface area contributed by atoms with Crippen molar-refractivity contribution in [1.82, 2.24) is 14.5 Å². The highest BCUT2D eigenvalue weighted by Crippen LogP contribution is 2.19. The highest BCUT2D eigenvalue weighted by molar-refractivity contribution is 5.50. The molecule has 0 aliphatic rings. The van der Waals surface area contributed by atoms with Gasteiger partial charge in [0.25, 0.3) is 0 Å². The number of nitrogens with zero attached hydrogens (tertiary/aromatic N) is 3. The van der Waals surface area contributed by atoms with Crippen LogP contribution < -0.4 is 10.5 Å². The first-order valence-corrected chi connectivity index (χ1v) is 4.69. The number of ether oxygens (including phenoxy) is 1. The average molecular weight is 204 g/mol. The first-order chi connectivity index (χ1) is 7.31. The summed E-state index contributed by atoms with van der Waals surface area (Å²) in [6, 6.07) is 3.59. The van der Waals surface area contributed by atoms with Crippen molar-refractivity contribution in [3.8, 4) is 11.7 Å². The molecule has 78 valence electrons. The third-order valence-electron chi connectivity index (χ3n) is 1.93. The lowest BCUT2D eigenvalue weighted by molar-refractivity contribution is 0.328. The Bertz CT molecular complexity index is 439. The van der Waals surface area contributed by atoms with Crippen LogP contribution in [0.1, 0.15) is 6.92 Å². The van der Waals surface area contributed by atoms with Crippen LogP contribution in [0.3, 0.4) is 0 Å². The normalized spacial score (nSPS) is 10.2. The van der Waals surface area contributed by atoms with Crippen molar-refractivity contribution in [3.05, 3.63) is 30.9 Å². The molecule has 15 heavy (non-hydrogen) atoms. The number of rotatable bonds is 3. The quantitative estimate of drug-likeness (QED) is 0.817. The predicted octanol–water partition coefficient (Wildman–Crippen LogP) is 1.25. The number of imidazole rings is 1. The monoisotopic (exact) mass is 204 g/mol. The van der Waals surface area contributed by atoms with Crippen LogP contribution in [0.4, 0.5) is 5.69 Å². The van der Waals surface area contributed by atoms with Gasteiger partial charge < -0.3 is 10.5 Å². The zero-order valence-corrected chi connectivity index (χ0v) is 8.42. The molecule has 0 aliphatic heterocycles. The van der Waals surface area contributed by atoms with Gasteiger partial charge in [0.1, 0.15) is 12.1 Å². The van der Waals surface area contributed by atoms with E-state index in [2.05, 4.69) is 9.97 Å². The molecule has 0 bridgehead atoms. The zero-order chi connectivity index (χ0) is 10.7. The summed E-state index contributed by atoms with van der Waals surface area (Å²) >= 11 is 0. The van der Waals surface area contributed by atoms with Gasteiger partial charge in [-0.1, -0.05) is 0 Å². The van der Waals surface area contributed by atoms with Gasteiger partial charge in [0, 0.05) is 12.4 Å². The molecule has 0 amide bonds. The van der Waals surface area contributed by atoms with Crippen molar-refractivity contribution in [1.29, 1.82) is 0 Å². The molecule has 0 fully saturated rings. The molecular weight excluding hydrogens is 192 g/mol. The minimum absolute atomic E-state index is 0.462. The fourth-order valence-corrected chi connectivity index (χ4v) is 1.23. The minimum atomic E-state index is 0.462. The molecule has 5 heteroatoms. The molecule has 0 unspecified atom stereocenters. The Morgan fingerprint density at radius 2 is 2.33 bits per heavy atom. The van der Waals surface area contributed by atoms with Crippen molar-refractivity contribution in [2.45, 2.75) is 6.92 Å². The summed E-state index contributed by atoms with van der Waals surface area (Å²) in [5, 5.41) is 0. The van der Waals surface area contributed by atoms with Gasteiger partial charge in [0.05, 0.1) is 12.3 Å². The van der Waals surface area contributed by atoms with Gasteiger partial charge in [-0.05, 0) is 19.1 Å². The second-order valence-electron chi connectivity index (χ2n) is 2.97. The van der Waals surface area contributed by atoms with Crippen molar-refractivity contribution in [2.75, 3.05) is 12.3 Å². The van der Waals surface area contributed by atoms with Crippen LogP contribution >= 0.6 is 0 Å². The molecular formula is C10H12N4O. The standard InChI is InChI=1S/C10H12N4O/c1-2-15-10-8(11)3-4-9(13-10)14-6-5-12-7-14/h3-7H,2,11H2,1H3. The third kappa shape index (κ3) is 1.90. The molecule has 2 N–H and O–H groups in total. The topological polar surface area (TPSA) is 66.0 Å². The van der Waals surface area contributed by atoms with Crippen LogP contribution in [0.15, 0.2) is 30.9 Å². The molecule has 0 aliphatic carbocycles. The summed E-state index contributed by atoms with van der Waals surface area (Å²) in [6.07, 6.45) is 5.18. The highest BCUT2D eigenvalue weighted by atomic mass is 16.5. The number of hydrogen-bond donors (Lipinski definition) is 1. The van der Waals surface area contributed by atoms with Crippen LogP contribution in [-0.2, 0) is 0 Å². The average Bonchev–Trinajstić information content (AvgIpc) is 2.75. The summed E-state index contributed by atoms with van der Waals surface area (Å²) in [7, 11) is 0. The van der Waals surface area contributed by atoms with Crippen LogP contribution in [0, 0.1) is 0 Å². The van der Waals surface area contributed by atoms with E-state index < -0.39 is 0 Å². The molecule has 0 aromatic carbocycles. The Morgan fingerprint density at radius 1 is 1.47 bits per heavy atom. The fraction of sp³-hybridized carbons (Fsp3) is 0.200. The van der Waals surface area contributed by atoms with E-state index in [4.69, 9.17) is 10.5 Å². The van der Waals surface area contributed by atoms with Crippen LogP contribution in [0.2, 0.25) is 0 Å². The number of aromatic nitrogens is 3. The summed E-state index contributed by atoms with van der Waals surface area (Å²) in [5.41, 5.74) is 6.26. The number of nitrogens with two attached hydrogens (primary N) is 1. The number of hydrogen-bond acceptors (Lipinski definition) is 4. The third-order valence-corrected chi connectivity index (χ3v) is 1.93. The molecule has 0 spiro atoms. The highest BCUT2D eigenvalue weighted by Gasteiger charge is 2.04. The predicted molar refractivity (Wildman–Crippen MR) is 56.9 cm³/mol. The maximum atomic E-state index is 5.72. The molecule has 2 heterocycles. The van der Waals surface area contributed by atoms with Crippen molar-refractivity contribution in [2.24, 2.45) is 0 Å². The minimum Gasteiger partial charge on any atom is -0.476 e. The van der Waals surface area contributed by atoms with E-state index in [0.29, 0.717) is 18.2 Å². The Balaban J connectivity index is 2.38. The van der Waals surface area contributed by atoms with E-state index in [0.717, 1.165) is 5.82 Å². The maximum Gasteiger partial charge on any atom is 0.239 e. The lowest BCUT2D eigenvalue weighted by atomic mass is 10.4. The smallest absolute Gasteiger partial charge is 0.239 e. The van der Waals surface area contributed by atoms with Crippen LogP contribution in [0.5, 0.6) is 5.88 Å². The molecule has 5 nitrogen and oxygen atoms in total. The first-order valence-electron chi connectivity index (χ1n) is 4.69. The molecule has 0 saturated carbocycles. The zero-order valence-electron chi connectivity index (χ0n) is 8.42. The van der Waals surface area contributed by atoms with Crippen LogP contribution in [0.25, 0.3) is 5.82 Å². The van der Waals surface area contributed by atoms with E-state index in [1.54, 1.807) is 23.2 Å². The molecule has 0 atom stereocenters. The summed E-state index contributed by atoms with van der Waals surface area (Å²) in [4.78, 5) is 8.23. The van der Waals surface area contributed by atoms with E-state index in [-0.39, 0.29) is 0 Å². The largest absolute Gasteiger partial charge is 0.476 e. The van der Waals surface area contributed by atoms with Crippen molar-refractivity contribution < 1.29 is 4.74 Å². The molecule has 0 saturated heterocycles. The van der Waals surface area contributed by atoms with Crippen molar-refractivity contribution >= 4 is 5.69 Å². The van der Waals surface area contributed by atoms with Crippen LogP contribution in [-0.4, -0.2) is 21.1 Å². The second kappa shape index (κ2) is 4.00. The van der Waals surface area contributed by atoms with E-state index in [9.17, 15) is 0 Å². The molecule has 2 aromatic heterocycles. The van der Waals surface area contributed by atoms with Gasteiger partial charge in [-0.3, -0.25) is 4.57 Å². The maximum absolute atomic E-state index is 5.72. The van der Waals surface area contributed by atoms with E-state index in [1.807, 2.05) is 19.2 Å². The van der Waals surface area contributed by atoms with Gasteiger partial charge in [-0.15, -0.1) is 0 Å². The fourth-order valence-electron chi connectivity index (χ4n) is 1.23. The molecule has 2 rings (SSSR count). The Kier molecular flexibility index (Phi) is 2.53. The Labute approximate surface area is 87.5 Å².